The smallest absolute Gasteiger partial charge is 0.408 e. The van der Waals surface area contributed by atoms with Gasteiger partial charge < -0.3 is 31.1 Å². The third-order valence-electron chi connectivity index (χ3n) is 9.64. The Hall–Kier alpha value is -5.29. The van der Waals surface area contributed by atoms with Crippen molar-refractivity contribution < 1.29 is 29.0 Å². The first-order valence-electron chi connectivity index (χ1n) is 18.5. The predicted molar refractivity (Wildman–Crippen MR) is 206 cm³/mol. The van der Waals surface area contributed by atoms with Crippen molar-refractivity contribution in [2.24, 2.45) is 11.8 Å². The van der Waals surface area contributed by atoms with Crippen molar-refractivity contribution in [3.05, 3.63) is 114 Å². The highest BCUT2D eigenvalue weighted by Crippen LogP contribution is 2.21. The third kappa shape index (κ3) is 12.7. The number of hydrogen-bond acceptors (Lipinski definition) is 7. The second kappa shape index (κ2) is 20.7. The van der Waals surface area contributed by atoms with Crippen molar-refractivity contribution in [2.75, 3.05) is 6.54 Å². The van der Waals surface area contributed by atoms with Gasteiger partial charge in [-0.25, -0.2) is 4.79 Å². The molecule has 1 heterocycles. The minimum absolute atomic E-state index is 0.0102. The van der Waals surface area contributed by atoms with E-state index in [4.69, 9.17) is 4.74 Å². The van der Waals surface area contributed by atoms with E-state index >= 15 is 0 Å². The second-order valence-electron chi connectivity index (χ2n) is 13.7. The molecule has 11 heteroatoms. The van der Waals surface area contributed by atoms with E-state index < -0.39 is 42.1 Å². The van der Waals surface area contributed by atoms with Crippen LogP contribution in [0.1, 0.15) is 63.6 Å². The predicted octanol–water partition coefficient (Wildman–Crippen LogP) is 5.24. The zero-order valence-corrected chi connectivity index (χ0v) is 31.1. The summed E-state index contributed by atoms with van der Waals surface area (Å²) < 4.78 is 5.49. The molecule has 4 rings (SSSR count). The number of benzene rings is 3. The number of aliphatic hydroxyl groups is 1. The summed E-state index contributed by atoms with van der Waals surface area (Å²) in [5, 5.41) is 24.6. The Labute approximate surface area is 312 Å². The molecule has 0 aliphatic rings. The van der Waals surface area contributed by atoms with Crippen molar-refractivity contribution >= 4 is 34.6 Å². The average Bonchev–Trinajstić information content (AvgIpc) is 3.18. The second-order valence-corrected chi connectivity index (χ2v) is 13.7. The molecule has 4 amide bonds. The van der Waals surface area contributed by atoms with Gasteiger partial charge in [0.15, 0.2) is 0 Å². The molecule has 5 N–H and O–H groups in total. The first kappa shape index (κ1) is 40.5. The van der Waals surface area contributed by atoms with Crippen LogP contribution in [0.2, 0.25) is 0 Å². The van der Waals surface area contributed by atoms with Crippen LogP contribution >= 0.6 is 0 Å². The number of alkyl carbamates (subject to hydrolysis) is 1. The first-order valence-corrected chi connectivity index (χ1v) is 18.5. The number of nitrogens with zero attached hydrogens (tertiary/aromatic N) is 1. The Morgan fingerprint density at radius 1 is 0.755 bits per heavy atom. The number of carbonyl (C=O) groups is 4. The Bertz CT molecular complexity index is 1770. The van der Waals surface area contributed by atoms with Gasteiger partial charge in [0.05, 0.1) is 18.6 Å². The summed E-state index contributed by atoms with van der Waals surface area (Å²) in [6.07, 6.45) is 2.83. The van der Waals surface area contributed by atoms with Gasteiger partial charge in [0.25, 0.3) is 0 Å². The molecule has 4 aromatic rings. The van der Waals surface area contributed by atoms with Gasteiger partial charge in [-0.1, -0.05) is 119 Å². The maximum absolute atomic E-state index is 14.2. The number of hydrogen-bond donors (Lipinski definition) is 5. The van der Waals surface area contributed by atoms with E-state index in [2.05, 4.69) is 26.3 Å². The topological polar surface area (TPSA) is 159 Å². The summed E-state index contributed by atoms with van der Waals surface area (Å²) in [4.78, 5) is 58.4. The van der Waals surface area contributed by atoms with Crippen LogP contribution in [0.15, 0.2) is 97.3 Å². The van der Waals surface area contributed by atoms with Crippen molar-refractivity contribution in [3.8, 4) is 0 Å². The molecule has 0 saturated carbocycles. The minimum Gasteiger partial charge on any atom is -0.445 e. The molecule has 0 aliphatic heterocycles. The largest absolute Gasteiger partial charge is 0.445 e. The van der Waals surface area contributed by atoms with Crippen LogP contribution < -0.4 is 21.3 Å². The van der Waals surface area contributed by atoms with Crippen LogP contribution in [0.3, 0.4) is 0 Å². The van der Waals surface area contributed by atoms with Gasteiger partial charge >= 0.3 is 6.09 Å². The molecule has 3 aromatic carbocycles. The fourth-order valence-electron chi connectivity index (χ4n) is 6.00. The molecule has 1 aromatic heterocycles. The van der Waals surface area contributed by atoms with E-state index in [-0.39, 0.29) is 37.7 Å². The number of ether oxygens (including phenoxy) is 1. The van der Waals surface area contributed by atoms with Gasteiger partial charge in [-0.2, -0.15) is 0 Å². The van der Waals surface area contributed by atoms with Crippen LogP contribution in [0.25, 0.3) is 10.8 Å². The number of nitrogens with one attached hydrogen (secondary N) is 4. The van der Waals surface area contributed by atoms with Gasteiger partial charge in [0.2, 0.25) is 17.7 Å². The van der Waals surface area contributed by atoms with E-state index in [1.807, 2.05) is 100 Å². The molecule has 0 fully saturated rings. The number of amides is 4. The molecule has 0 aliphatic carbocycles. The molecule has 53 heavy (non-hydrogen) atoms. The highest BCUT2D eigenvalue weighted by atomic mass is 16.5. The molecular formula is C42H53N5O6. The van der Waals surface area contributed by atoms with Crippen LogP contribution in [0.4, 0.5) is 4.79 Å². The number of aromatic nitrogens is 1. The first-order chi connectivity index (χ1) is 25.6. The number of carbonyl (C=O) groups excluding carboxylic acids is 4. The third-order valence-corrected chi connectivity index (χ3v) is 9.64. The van der Waals surface area contributed by atoms with E-state index in [0.717, 1.165) is 28.3 Å². The number of pyridine rings is 1. The van der Waals surface area contributed by atoms with E-state index in [1.165, 1.54) is 0 Å². The lowest BCUT2D eigenvalue weighted by molar-refractivity contribution is -0.131. The maximum atomic E-state index is 14.2. The van der Waals surface area contributed by atoms with E-state index in [0.29, 0.717) is 24.4 Å². The molecular weight excluding hydrogens is 670 g/mol. The zero-order chi connectivity index (χ0) is 38.2. The lowest BCUT2D eigenvalue weighted by atomic mass is 9.91. The summed E-state index contributed by atoms with van der Waals surface area (Å²) in [7, 11) is 0. The van der Waals surface area contributed by atoms with Crippen molar-refractivity contribution in [1.29, 1.82) is 0 Å². The van der Waals surface area contributed by atoms with Gasteiger partial charge in [0.1, 0.15) is 18.7 Å². The quantitative estimate of drug-likeness (QED) is 0.0885. The van der Waals surface area contributed by atoms with E-state index in [9.17, 15) is 24.3 Å². The molecule has 0 bridgehead atoms. The van der Waals surface area contributed by atoms with Crippen LogP contribution in [0, 0.1) is 11.8 Å². The Morgan fingerprint density at radius 2 is 1.43 bits per heavy atom. The van der Waals surface area contributed by atoms with Crippen molar-refractivity contribution in [1.82, 2.24) is 26.3 Å². The Kier molecular flexibility index (Phi) is 15.8. The van der Waals surface area contributed by atoms with Crippen molar-refractivity contribution in [2.45, 2.75) is 90.6 Å². The normalized spacial score (nSPS) is 14.5. The number of aliphatic hydroxyl groups excluding tert-OH is 1. The fraction of sp³-hybridized carbons (Fsp3) is 0.405. The van der Waals surface area contributed by atoms with Crippen LogP contribution in [-0.2, 0) is 38.6 Å². The van der Waals surface area contributed by atoms with Crippen LogP contribution in [0.5, 0.6) is 0 Å². The summed E-state index contributed by atoms with van der Waals surface area (Å²) in [5.74, 6) is -1.33. The van der Waals surface area contributed by atoms with Crippen molar-refractivity contribution in [3.63, 3.8) is 0 Å². The highest BCUT2D eigenvalue weighted by Gasteiger charge is 2.33. The fourth-order valence-corrected chi connectivity index (χ4v) is 6.00. The van der Waals surface area contributed by atoms with Gasteiger partial charge in [-0.3, -0.25) is 19.4 Å². The summed E-state index contributed by atoms with van der Waals surface area (Å²) in [5.41, 5.74) is 2.31. The van der Waals surface area contributed by atoms with Crippen LogP contribution in [-0.4, -0.2) is 64.7 Å². The molecule has 0 radical (unpaired) electrons. The standard InChI is InChI=1S/C42H53N5O6/c1-5-28(3)25-44-38(49)24-37(48)39(29(4)6-2)47-41(51)35(22-31-16-13-21-43-26-31)45-40(50)36(46-42(52)53-27-30-14-8-7-9-15-30)23-33-19-12-18-32-17-10-11-20-34(32)33/h7-21,26,28-29,35-37,39,48H,5-6,22-25,27H2,1-4H3,(H,44,49)(H,45,50)(H,46,52)(H,47,51)/t28?,29?,35-,36-,37?,39?/m0/s1. The molecule has 282 valence electrons. The Balaban J connectivity index is 1.57. The summed E-state index contributed by atoms with van der Waals surface area (Å²) in [6.45, 7) is 8.41. The van der Waals surface area contributed by atoms with E-state index in [1.54, 1.807) is 24.5 Å². The molecule has 0 spiro atoms. The SMILES string of the molecule is CCC(C)CNC(=O)CC(O)C(NC(=O)[C@H](Cc1cccnc1)NC(=O)[C@H](Cc1cccc2ccccc12)NC(=O)OCc1ccccc1)C(C)CC. The molecule has 6 atom stereocenters. The Morgan fingerprint density at radius 3 is 2.15 bits per heavy atom. The number of rotatable bonds is 19. The lowest BCUT2D eigenvalue weighted by Crippen LogP contribution is -2.58. The average molecular weight is 724 g/mol. The molecule has 11 nitrogen and oxygen atoms in total. The minimum atomic E-state index is -1.17. The monoisotopic (exact) mass is 723 g/mol. The van der Waals surface area contributed by atoms with Gasteiger partial charge in [-0.15, -0.1) is 0 Å². The molecule has 0 saturated heterocycles. The van der Waals surface area contributed by atoms with Gasteiger partial charge in [0, 0.05) is 31.8 Å². The number of fused-ring (bicyclic) bond motifs is 1. The maximum Gasteiger partial charge on any atom is 0.408 e. The lowest BCUT2D eigenvalue weighted by Gasteiger charge is -2.31. The van der Waals surface area contributed by atoms with Gasteiger partial charge in [-0.05, 0) is 45.4 Å². The summed E-state index contributed by atoms with van der Waals surface area (Å²) in [6, 6.07) is 23.3. The zero-order valence-electron chi connectivity index (χ0n) is 31.1. The summed E-state index contributed by atoms with van der Waals surface area (Å²) >= 11 is 0. The molecule has 4 unspecified atom stereocenters. The highest BCUT2D eigenvalue weighted by molar-refractivity contribution is 5.93.